The highest BCUT2D eigenvalue weighted by Crippen LogP contribution is 2.29. The van der Waals surface area contributed by atoms with Crippen LogP contribution in [0.2, 0.25) is 0 Å². The maximum Gasteiger partial charge on any atom is 0.156 e. The van der Waals surface area contributed by atoms with E-state index in [2.05, 4.69) is 27.9 Å². The molecule has 0 saturated carbocycles. The Morgan fingerprint density at radius 2 is 2.05 bits per heavy atom. The van der Waals surface area contributed by atoms with Crippen LogP contribution in [-0.2, 0) is 7.05 Å². The lowest BCUT2D eigenvalue weighted by Crippen LogP contribution is -2.23. The molecule has 0 amide bonds. The van der Waals surface area contributed by atoms with Crippen molar-refractivity contribution in [1.29, 1.82) is 0 Å². The minimum Gasteiger partial charge on any atom is -0.399 e. The summed E-state index contributed by atoms with van der Waals surface area (Å²) in [5, 5.41) is 0. The minimum absolute atomic E-state index is 0.161. The number of hydrogen-bond acceptors (Lipinski definition) is 4. The number of fused-ring (bicyclic) bond motifs is 1. The van der Waals surface area contributed by atoms with Crippen molar-refractivity contribution >= 4 is 22.5 Å². The lowest BCUT2D eigenvalue weighted by molar-refractivity contribution is 0.731. The summed E-state index contributed by atoms with van der Waals surface area (Å²) >= 11 is 0. The number of imidazole rings is 1. The van der Waals surface area contributed by atoms with Gasteiger partial charge in [-0.2, -0.15) is 0 Å². The second-order valence-electron chi connectivity index (χ2n) is 5.31. The molecule has 2 N–H and O–H groups in total. The number of nitrogen functional groups attached to an aromatic ring is 1. The van der Waals surface area contributed by atoms with Crippen LogP contribution in [0.25, 0.3) is 11.0 Å². The molecule has 3 rings (SSSR count). The first-order valence-corrected chi connectivity index (χ1v) is 6.92. The van der Waals surface area contributed by atoms with Crippen molar-refractivity contribution in [2.45, 2.75) is 13.0 Å². The lowest BCUT2D eigenvalue weighted by atomic mass is 10.1. The topological polar surface area (TPSA) is 60.0 Å². The first kappa shape index (κ1) is 13.4. The van der Waals surface area contributed by atoms with E-state index in [1.54, 1.807) is 0 Å². The van der Waals surface area contributed by atoms with Gasteiger partial charge in [0.2, 0.25) is 0 Å². The quantitative estimate of drug-likeness (QED) is 0.750. The number of nitrogens with zero attached hydrogens (tertiary/aromatic N) is 4. The number of aromatic nitrogens is 3. The zero-order valence-electron chi connectivity index (χ0n) is 12.5. The van der Waals surface area contributed by atoms with Gasteiger partial charge in [-0.05, 0) is 30.7 Å². The van der Waals surface area contributed by atoms with E-state index in [1.165, 1.54) is 0 Å². The van der Waals surface area contributed by atoms with Gasteiger partial charge < -0.3 is 15.2 Å². The summed E-state index contributed by atoms with van der Waals surface area (Å²) in [6.07, 6.45) is 3.64. The van der Waals surface area contributed by atoms with E-state index >= 15 is 0 Å². The smallest absolute Gasteiger partial charge is 0.156 e. The van der Waals surface area contributed by atoms with Crippen LogP contribution in [-0.4, -0.2) is 21.6 Å². The fourth-order valence-corrected chi connectivity index (χ4v) is 2.53. The fourth-order valence-electron chi connectivity index (χ4n) is 2.53. The molecule has 2 aromatic heterocycles. The first-order valence-electron chi connectivity index (χ1n) is 6.92. The van der Waals surface area contributed by atoms with Crippen molar-refractivity contribution < 1.29 is 0 Å². The van der Waals surface area contributed by atoms with Gasteiger partial charge in [0.1, 0.15) is 5.52 Å². The number of hydrogen-bond donors (Lipinski definition) is 1. The number of benzene rings is 1. The van der Waals surface area contributed by atoms with Gasteiger partial charge in [0.25, 0.3) is 0 Å². The third-order valence-electron chi connectivity index (χ3n) is 3.93. The van der Waals surface area contributed by atoms with Crippen LogP contribution in [0.1, 0.15) is 18.5 Å². The molecule has 0 saturated heterocycles. The number of anilines is 2. The van der Waals surface area contributed by atoms with Crippen LogP contribution >= 0.6 is 0 Å². The Morgan fingerprint density at radius 1 is 1.24 bits per heavy atom. The largest absolute Gasteiger partial charge is 0.399 e. The molecule has 5 heteroatoms. The second kappa shape index (κ2) is 5.09. The molecule has 3 aromatic rings. The lowest BCUT2D eigenvalue weighted by Gasteiger charge is -2.26. The number of pyridine rings is 1. The Labute approximate surface area is 124 Å². The van der Waals surface area contributed by atoms with Gasteiger partial charge >= 0.3 is 0 Å². The van der Waals surface area contributed by atoms with Gasteiger partial charge in [0.05, 0.1) is 17.9 Å². The molecule has 1 atom stereocenters. The molecule has 2 heterocycles. The number of rotatable bonds is 3. The van der Waals surface area contributed by atoms with Crippen LogP contribution in [0.5, 0.6) is 0 Å². The van der Waals surface area contributed by atoms with Crippen LogP contribution in [0.3, 0.4) is 0 Å². The van der Waals surface area contributed by atoms with Crippen LogP contribution < -0.4 is 10.6 Å². The molecule has 108 valence electrons. The predicted octanol–water partition coefficient (Wildman–Crippen LogP) is 2.75. The molecule has 1 aromatic carbocycles. The fraction of sp³-hybridized carbons (Fsp3) is 0.250. The minimum atomic E-state index is 0.161. The maximum absolute atomic E-state index is 5.88. The maximum atomic E-state index is 5.88. The first-order chi connectivity index (χ1) is 10.1. The van der Waals surface area contributed by atoms with Crippen molar-refractivity contribution in [2.24, 2.45) is 7.05 Å². The highest BCUT2D eigenvalue weighted by atomic mass is 15.2. The molecule has 0 spiro atoms. The Kier molecular flexibility index (Phi) is 3.25. The summed E-state index contributed by atoms with van der Waals surface area (Å²) in [7, 11) is 4.02. The van der Waals surface area contributed by atoms with Crippen LogP contribution in [0, 0.1) is 0 Å². The predicted molar refractivity (Wildman–Crippen MR) is 86.2 cm³/mol. The van der Waals surface area contributed by atoms with Gasteiger partial charge in [-0.25, -0.2) is 9.97 Å². The van der Waals surface area contributed by atoms with E-state index in [-0.39, 0.29) is 6.04 Å². The molecule has 0 radical (unpaired) electrons. The summed E-state index contributed by atoms with van der Waals surface area (Å²) < 4.78 is 2.00. The van der Waals surface area contributed by atoms with Crippen molar-refractivity contribution in [1.82, 2.24) is 14.5 Å². The Morgan fingerprint density at radius 3 is 2.81 bits per heavy atom. The van der Waals surface area contributed by atoms with Crippen molar-refractivity contribution in [3.05, 3.63) is 48.4 Å². The molecule has 0 aliphatic carbocycles. The molecular formula is C16H19N5. The zero-order chi connectivity index (χ0) is 15.0. The van der Waals surface area contributed by atoms with E-state index in [9.17, 15) is 0 Å². The van der Waals surface area contributed by atoms with Gasteiger partial charge in [-0.1, -0.05) is 12.1 Å². The van der Waals surface area contributed by atoms with E-state index in [0.717, 1.165) is 28.1 Å². The Bertz CT molecular complexity index is 777. The van der Waals surface area contributed by atoms with Gasteiger partial charge in [0.15, 0.2) is 5.82 Å². The van der Waals surface area contributed by atoms with Crippen molar-refractivity contribution in [3.63, 3.8) is 0 Å². The average Bonchev–Trinajstić information content (AvgIpc) is 2.87. The normalized spacial score (nSPS) is 12.5. The third-order valence-corrected chi connectivity index (χ3v) is 3.93. The molecule has 21 heavy (non-hydrogen) atoms. The Hall–Kier alpha value is -2.56. The van der Waals surface area contributed by atoms with E-state index < -0.39 is 0 Å². The monoisotopic (exact) mass is 281 g/mol. The number of nitrogens with two attached hydrogens (primary N) is 1. The van der Waals surface area contributed by atoms with Gasteiger partial charge in [-0.15, -0.1) is 0 Å². The standard InChI is InChI=1S/C16H19N5/c1-11(12-5-4-6-13(17)9-12)21(3)16-15-14(7-8-18-16)20(2)10-19-15/h4-11H,17H2,1-3H3. The van der Waals surface area contributed by atoms with E-state index in [0.29, 0.717) is 0 Å². The van der Waals surface area contributed by atoms with Crippen LogP contribution in [0.15, 0.2) is 42.9 Å². The summed E-state index contributed by atoms with van der Waals surface area (Å²) in [5.41, 5.74) is 9.80. The van der Waals surface area contributed by atoms with Crippen LogP contribution in [0.4, 0.5) is 11.5 Å². The highest BCUT2D eigenvalue weighted by molar-refractivity contribution is 5.86. The summed E-state index contributed by atoms with van der Waals surface area (Å²) in [5.74, 6) is 0.878. The molecule has 0 bridgehead atoms. The molecule has 0 fully saturated rings. The summed E-state index contributed by atoms with van der Waals surface area (Å²) in [6.45, 7) is 2.14. The average molecular weight is 281 g/mol. The highest BCUT2D eigenvalue weighted by Gasteiger charge is 2.17. The van der Waals surface area contributed by atoms with Crippen molar-refractivity contribution in [3.8, 4) is 0 Å². The molecule has 0 aliphatic rings. The molecule has 1 unspecified atom stereocenters. The third kappa shape index (κ3) is 2.31. The van der Waals surface area contributed by atoms with E-state index in [1.807, 2.05) is 55.5 Å². The summed E-state index contributed by atoms with van der Waals surface area (Å²) in [6, 6.07) is 10.1. The SMILES string of the molecule is CC(c1cccc(N)c1)N(C)c1nccc2c1ncn2C. The molecule has 5 nitrogen and oxygen atoms in total. The van der Waals surface area contributed by atoms with E-state index in [4.69, 9.17) is 5.73 Å². The second-order valence-corrected chi connectivity index (χ2v) is 5.31. The van der Waals surface area contributed by atoms with Gasteiger partial charge in [-0.3, -0.25) is 0 Å². The van der Waals surface area contributed by atoms with Gasteiger partial charge in [0, 0.05) is 26.0 Å². The number of aryl methyl sites for hydroxylation is 1. The summed E-state index contributed by atoms with van der Waals surface area (Å²) in [4.78, 5) is 11.1. The molecular weight excluding hydrogens is 262 g/mol. The Balaban J connectivity index is 2.02. The molecule has 0 aliphatic heterocycles. The van der Waals surface area contributed by atoms with Crippen molar-refractivity contribution in [2.75, 3.05) is 17.7 Å². The zero-order valence-corrected chi connectivity index (χ0v) is 12.5.